The molecular weight excluding hydrogens is 466 g/mol. The molecular formula is C23H20ClN3O5S. The van der Waals surface area contributed by atoms with E-state index >= 15 is 0 Å². The molecule has 2 aliphatic heterocycles. The van der Waals surface area contributed by atoms with Crippen molar-refractivity contribution in [2.45, 2.75) is 5.60 Å². The van der Waals surface area contributed by atoms with Crippen LogP contribution >= 0.6 is 24.6 Å². The van der Waals surface area contributed by atoms with Gasteiger partial charge in [-0.25, -0.2) is 4.79 Å². The van der Waals surface area contributed by atoms with Gasteiger partial charge in [-0.05, 0) is 48.6 Å². The van der Waals surface area contributed by atoms with Gasteiger partial charge in [0.1, 0.15) is 23.0 Å². The molecule has 0 saturated carbocycles. The summed E-state index contributed by atoms with van der Waals surface area (Å²) >= 11 is 5.25. The van der Waals surface area contributed by atoms with Crippen LogP contribution in [0, 0.1) is 0 Å². The standard InChI is InChI=1S/C23H19N3O5S.ClH/c24-7-8-25-22(32)26-12-1-4-16-15(9-12)21(29)31-23(16)17-5-2-13(27)10-19(17)30-20-11-14(28)3-6-18(20)23;/h1-6,9-11,27-28H,7-8,24H2,(H2,25,26,32);1H. The summed E-state index contributed by atoms with van der Waals surface area (Å²) in [4.78, 5) is 13.0. The van der Waals surface area contributed by atoms with Gasteiger partial charge in [-0.15, -0.1) is 12.4 Å². The van der Waals surface area contributed by atoms with Crippen LogP contribution in [0.4, 0.5) is 5.69 Å². The lowest BCUT2D eigenvalue weighted by Gasteiger charge is -2.36. The molecule has 0 fully saturated rings. The van der Waals surface area contributed by atoms with Crippen molar-refractivity contribution in [2.75, 3.05) is 18.4 Å². The highest BCUT2D eigenvalue weighted by atomic mass is 35.5. The molecule has 33 heavy (non-hydrogen) atoms. The Balaban J connectivity index is 0.00000259. The fourth-order valence-electron chi connectivity index (χ4n) is 4.14. The van der Waals surface area contributed by atoms with Crippen LogP contribution < -0.4 is 21.1 Å². The number of ether oxygens (including phenoxy) is 2. The van der Waals surface area contributed by atoms with E-state index in [-0.39, 0.29) is 23.9 Å². The first kappa shape index (κ1) is 22.7. The molecule has 0 saturated heterocycles. The van der Waals surface area contributed by atoms with Gasteiger partial charge in [0.2, 0.25) is 0 Å². The monoisotopic (exact) mass is 485 g/mol. The zero-order valence-electron chi connectivity index (χ0n) is 17.1. The second kappa shape index (κ2) is 8.43. The highest BCUT2D eigenvalue weighted by molar-refractivity contribution is 7.80. The molecule has 0 atom stereocenters. The number of nitrogens with two attached hydrogens (primary N) is 1. The quantitative estimate of drug-likeness (QED) is 0.280. The molecule has 0 amide bonds. The number of phenols is 2. The maximum Gasteiger partial charge on any atom is 0.340 e. The van der Waals surface area contributed by atoms with Crippen LogP contribution in [0.3, 0.4) is 0 Å². The van der Waals surface area contributed by atoms with Crippen molar-refractivity contribution in [2.24, 2.45) is 5.73 Å². The van der Waals surface area contributed by atoms with Crippen LogP contribution in [0.25, 0.3) is 0 Å². The zero-order chi connectivity index (χ0) is 22.5. The Bertz CT molecular complexity index is 1230. The van der Waals surface area contributed by atoms with Gasteiger partial charge in [0.25, 0.3) is 0 Å². The van der Waals surface area contributed by atoms with E-state index in [9.17, 15) is 15.0 Å². The van der Waals surface area contributed by atoms with E-state index in [1.807, 2.05) is 0 Å². The molecule has 3 aromatic carbocycles. The molecule has 10 heteroatoms. The number of benzene rings is 3. The van der Waals surface area contributed by atoms with E-state index in [0.29, 0.717) is 57.6 Å². The smallest absolute Gasteiger partial charge is 0.340 e. The van der Waals surface area contributed by atoms with Crippen molar-refractivity contribution < 1.29 is 24.5 Å². The van der Waals surface area contributed by atoms with Gasteiger partial charge >= 0.3 is 5.97 Å². The normalized spacial score (nSPS) is 14.2. The van der Waals surface area contributed by atoms with Crippen molar-refractivity contribution in [1.29, 1.82) is 0 Å². The number of phenolic OH excluding ortho intramolecular Hbond substituents is 2. The van der Waals surface area contributed by atoms with Crippen molar-refractivity contribution >= 4 is 41.4 Å². The van der Waals surface area contributed by atoms with E-state index in [1.54, 1.807) is 30.3 Å². The molecule has 0 unspecified atom stereocenters. The van der Waals surface area contributed by atoms with Gasteiger partial charge in [-0.2, -0.15) is 0 Å². The third-order valence-corrected chi connectivity index (χ3v) is 5.71. The number of rotatable bonds is 3. The molecule has 6 N–H and O–H groups in total. The summed E-state index contributed by atoms with van der Waals surface area (Å²) < 4.78 is 12.0. The number of carbonyl (C=O) groups excluding carboxylic acids is 1. The Morgan fingerprint density at radius 1 is 0.970 bits per heavy atom. The molecule has 170 valence electrons. The lowest BCUT2D eigenvalue weighted by Crippen LogP contribution is -2.33. The minimum Gasteiger partial charge on any atom is -0.508 e. The molecule has 5 rings (SSSR count). The van der Waals surface area contributed by atoms with Crippen LogP contribution in [-0.2, 0) is 10.3 Å². The summed E-state index contributed by atoms with van der Waals surface area (Å²) in [6, 6.07) is 14.5. The van der Waals surface area contributed by atoms with E-state index in [1.165, 1.54) is 24.3 Å². The molecule has 0 radical (unpaired) electrons. The Morgan fingerprint density at radius 3 is 2.18 bits per heavy atom. The largest absolute Gasteiger partial charge is 0.508 e. The molecule has 0 aliphatic carbocycles. The molecule has 1 spiro atoms. The average molecular weight is 486 g/mol. The number of esters is 1. The zero-order valence-corrected chi connectivity index (χ0v) is 18.8. The molecule has 3 aromatic rings. The molecule has 2 aliphatic rings. The van der Waals surface area contributed by atoms with Crippen LogP contribution in [0.5, 0.6) is 23.0 Å². The number of hydrogen-bond acceptors (Lipinski definition) is 7. The average Bonchev–Trinajstić information content (AvgIpc) is 3.04. The van der Waals surface area contributed by atoms with E-state index < -0.39 is 11.6 Å². The second-order valence-corrected chi connectivity index (χ2v) is 7.87. The minimum absolute atomic E-state index is 0. The summed E-state index contributed by atoms with van der Waals surface area (Å²) in [5.74, 6) is 0.163. The number of hydrogen-bond donors (Lipinski definition) is 5. The number of nitrogens with one attached hydrogen (secondary N) is 2. The summed E-state index contributed by atoms with van der Waals surface area (Å²) in [5, 5.41) is 26.4. The molecule has 0 bridgehead atoms. The first-order chi connectivity index (χ1) is 15.4. The maximum atomic E-state index is 13.0. The number of halogens is 1. The summed E-state index contributed by atoms with van der Waals surface area (Å²) in [7, 11) is 0. The Hall–Kier alpha value is -3.53. The summed E-state index contributed by atoms with van der Waals surface area (Å²) in [6.45, 7) is 0.960. The van der Waals surface area contributed by atoms with Crippen molar-refractivity contribution in [3.05, 3.63) is 76.9 Å². The first-order valence-corrected chi connectivity index (χ1v) is 10.3. The number of carbonyl (C=O) groups is 1. The topological polar surface area (TPSA) is 126 Å². The number of aromatic hydroxyl groups is 2. The molecule has 2 heterocycles. The number of anilines is 1. The lowest BCUT2D eigenvalue weighted by atomic mass is 9.77. The Labute approximate surface area is 200 Å². The molecule has 8 nitrogen and oxygen atoms in total. The first-order valence-electron chi connectivity index (χ1n) is 9.90. The van der Waals surface area contributed by atoms with Gasteiger partial charge in [-0.3, -0.25) is 0 Å². The van der Waals surface area contributed by atoms with Gasteiger partial charge in [0, 0.05) is 47.6 Å². The van der Waals surface area contributed by atoms with Gasteiger partial charge in [0.15, 0.2) is 10.7 Å². The highest BCUT2D eigenvalue weighted by Gasteiger charge is 2.53. The predicted molar refractivity (Wildman–Crippen MR) is 129 cm³/mol. The van der Waals surface area contributed by atoms with Gasteiger partial charge in [0.05, 0.1) is 5.56 Å². The van der Waals surface area contributed by atoms with Gasteiger partial charge in [-0.1, -0.05) is 6.07 Å². The van der Waals surface area contributed by atoms with Gasteiger partial charge < -0.3 is 36.1 Å². The summed E-state index contributed by atoms with van der Waals surface area (Å²) in [6.07, 6.45) is 0. The van der Waals surface area contributed by atoms with Crippen molar-refractivity contribution in [3.8, 4) is 23.0 Å². The third-order valence-electron chi connectivity index (χ3n) is 5.46. The number of fused-ring (bicyclic) bond motifs is 6. The minimum atomic E-state index is -1.28. The van der Waals surface area contributed by atoms with Crippen molar-refractivity contribution in [3.63, 3.8) is 0 Å². The Morgan fingerprint density at radius 2 is 1.58 bits per heavy atom. The second-order valence-electron chi connectivity index (χ2n) is 7.46. The fourth-order valence-corrected chi connectivity index (χ4v) is 4.36. The van der Waals surface area contributed by atoms with Crippen molar-refractivity contribution in [1.82, 2.24) is 5.32 Å². The lowest BCUT2D eigenvalue weighted by molar-refractivity contribution is 0.0224. The van der Waals surface area contributed by atoms with Crippen LogP contribution in [0.15, 0.2) is 54.6 Å². The molecule has 0 aromatic heterocycles. The van der Waals surface area contributed by atoms with E-state index in [4.69, 9.17) is 27.4 Å². The van der Waals surface area contributed by atoms with Crippen LogP contribution in [-0.4, -0.2) is 34.4 Å². The third kappa shape index (κ3) is 3.60. The SMILES string of the molecule is Cl.NCCNC(=S)Nc1ccc2c(c1)C(=O)OC21c2ccc(O)cc2Oc2cc(O)ccc21. The van der Waals surface area contributed by atoms with Crippen LogP contribution in [0.1, 0.15) is 27.0 Å². The fraction of sp³-hybridized carbons (Fsp3) is 0.130. The van der Waals surface area contributed by atoms with Crippen LogP contribution in [0.2, 0.25) is 0 Å². The van der Waals surface area contributed by atoms with E-state index in [0.717, 1.165) is 0 Å². The highest BCUT2D eigenvalue weighted by Crippen LogP contribution is 2.57. The number of thiocarbonyl (C=S) groups is 1. The maximum absolute atomic E-state index is 13.0. The summed E-state index contributed by atoms with van der Waals surface area (Å²) in [5.41, 5.74) is 6.96. The Kier molecular flexibility index (Phi) is 5.79. The predicted octanol–water partition coefficient (Wildman–Crippen LogP) is 3.33. The van der Waals surface area contributed by atoms with E-state index in [2.05, 4.69) is 10.6 Å².